The van der Waals surface area contributed by atoms with Crippen LogP contribution in [-0.2, 0) is 9.59 Å². The number of aliphatic hydroxyl groups excluding tert-OH is 1. The first-order valence-electron chi connectivity index (χ1n) is 9.29. The van der Waals surface area contributed by atoms with Crippen LogP contribution in [0.3, 0.4) is 0 Å². The predicted octanol–water partition coefficient (Wildman–Crippen LogP) is -0.734. The molecule has 1 saturated heterocycles. The SMILES string of the molecule is CN1CCN([C@@H](CNC(=O)C(=O)NCCO)c2ccc(N(C)C)cc2)CC1. The minimum atomic E-state index is -0.718. The molecule has 0 radical (unpaired) electrons. The summed E-state index contributed by atoms with van der Waals surface area (Å²) in [6.45, 7) is 3.98. The number of aliphatic hydroxyl groups is 1. The van der Waals surface area contributed by atoms with Crippen LogP contribution < -0.4 is 15.5 Å². The molecule has 1 aromatic carbocycles. The van der Waals surface area contributed by atoms with Gasteiger partial charge in [0.25, 0.3) is 0 Å². The van der Waals surface area contributed by atoms with Gasteiger partial charge >= 0.3 is 11.8 Å². The Kier molecular flexibility index (Phi) is 8.02. The molecule has 1 heterocycles. The molecule has 8 heteroatoms. The molecule has 0 spiro atoms. The summed E-state index contributed by atoms with van der Waals surface area (Å²) in [6, 6.07) is 8.29. The van der Waals surface area contributed by atoms with Gasteiger partial charge in [-0.25, -0.2) is 0 Å². The summed E-state index contributed by atoms with van der Waals surface area (Å²) in [6.07, 6.45) is 0. The predicted molar refractivity (Wildman–Crippen MR) is 106 cm³/mol. The number of hydrogen-bond acceptors (Lipinski definition) is 6. The van der Waals surface area contributed by atoms with Gasteiger partial charge in [-0.3, -0.25) is 14.5 Å². The number of carbonyl (C=O) groups is 2. The maximum absolute atomic E-state index is 12.0. The third-order valence-electron chi connectivity index (χ3n) is 4.83. The molecule has 27 heavy (non-hydrogen) atoms. The van der Waals surface area contributed by atoms with Gasteiger partial charge in [-0.2, -0.15) is 0 Å². The number of likely N-dealkylation sites (N-methyl/N-ethyl adjacent to an activating group) is 1. The minimum absolute atomic E-state index is 0.00417. The second kappa shape index (κ2) is 10.2. The summed E-state index contributed by atoms with van der Waals surface area (Å²) < 4.78 is 0. The highest BCUT2D eigenvalue weighted by atomic mass is 16.3. The fourth-order valence-corrected chi connectivity index (χ4v) is 3.11. The molecule has 2 amide bonds. The summed E-state index contributed by atoms with van der Waals surface area (Å²) in [5.41, 5.74) is 2.23. The van der Waals surface area contributed by atoms with Crippen LogP contribution in [-0.4, -0.2) is 93.7 Å². The van der Waals surface area contributed by atoms with E-state index in [1.165, 1.54) is 0 Å². The lowest BCUT2D eigenvalue weighted by molar-refractivity contribution is -0.139. The van der Waals surface area contributed by atoms with Crippen molar-refractivity contribution in [2.45, 2.75) is 6.04 Å². The third kappa shape index (κ3) is 6.20. The van der Waals surface area contributed by atoms with E-state index in [1.54, 1.807) is 0 Å². The summed E-state index contributed by atoms with van der Waals surface area (Å²) in [7, 11) is 6.10. The zero-order chi connectivity index (χ0) is 19.8. The molecule has 0 bridgehead atoms. The molecule has 2 rings (SSSR count). The molecule has 0 aliphatic carbocycles. The van der Waals surface area contributed by atoms with Crippen LogP contribution in [0.1, 0.15) is 11.6 Å². The number of carbonyl (C=O) groups excluding carboxylic acids is 2. The van der Waals surface area contributed by atoms with Crippen molar-refractivity contribution in [1.29, 1.82) is 0 Å². The van der Waals surface area contributed by atoms with Crippen molar-refractivity contribution in [2.24, 2.45) is 0 Å². The van der Waals surface area contributed by atoms with Crippen LogP contribution in [0, 0.1) is 0 Å². The van der Waals surface area contributed by atoms with Gasteiger partial charge in [-0.1, -0.05) is 12.1 Å². The Balaban J connectivity index is 2.07. The van der Waals surface area contributed by atoms with Gasteiger partial charge in [-0.15, -0.1) is 0 Å². The Morgan fingerprint density at radius 2 is 1.67 bits per heavy atom. The molecule has 3 N–H and O–H groups in total. The summed E-state index contributed by atoms with van der Waals surface area (Å²) >= 11 is 0. The highest BCUT2D eigenvalue weighted by Crippen LogP contribution is 2.24. The van der Waals surface area contributed by atoms with Crippen LogP contribution in [0.4, 0.5) is 5.69 Å². The lowest BCUT2D eigenvalue weighted by Crippen LogP contribution is -2.49. The number of anilines is 1. The number of nitrogens with one attached hydrogen (secondary N) is 2. The van der Waals surface area contributed by atoms with E-state index in [0.29, 0.717) is 6.54 Å². The average Bonchev–Trinajstić information content (AvgIpc) is 2.67. The van der Waals surface area contributed by atoms with Crippen molar-refractivity contribution in [3.8, 4) is 0 Å². The zero-order valence-electron chi connectivity index (χ0n) is 16.4. The number of rotatable bonds is 7. The second-order valence-electron chi connectivity index (χ2n) is 7.03. The van der Waals surface area contributed by atoms with Crippen LogP contribution in [0.15, 0.2) is 24.3 Å². The first-order chi connectivity index (χ1) is 12.9. The Bertz CT molecular complexity index is 612. The van der Waals surface area contributed by atoms with Crippen LogP contribution in [0.2, 0.25) is 0 Å². The molecule has 0 unspecified atom stereocenters. The van der Waals surface area contributed by atoms with Gasteiger partial charge < -0.3 is 25.5 Å². The quantitative estimate of drug-likeness (QED) is 0.543. The fraction of sp³-hybridized carbons (Fsp3) is 0.579. The normalized spacial score (nSPS) is 16.6. The summed E-state index contributed by atoms with van der Waals surface area (Å²) in [5, 5.41) is 13.9. The number of benzene rings is 1. The average molecular weight is 377 g/mol. The second-order valence-corrected chi connectivity index (χ2v) is 7.03. The van der Waals surface area contributed by atoms with Crippen molar-refractivity contribution in [1.82, 2.24) is 20.4 Å². The van der Waals surface area contributed by atoms with Crippen LogP contribution in [0.5, 0.6) is 0 Å². The van der Waals surface area contributed by atoms with Crippen molar-refractivity contribution < 1.29 is 14.7 Å². The molecule has 150 valence electrons. The van der Waals surface area contributed by atoms with Crippen molar-refractivity contribution in [3.05, 3.63) is 29.8 Å². The topological polar surface area (TPSA) is 88.1 Å². The molecule has 0 aromatic heterocycles. The third-order valence-corrected chi connectivity index (χ3v) is 4.83. The Morgan fingerprint density at radius 1 is 1.07 bits per heavy atom. The molecule has 1 atom stereocenters. The first kappa shape index (κ1) is 21.1. The van der Waals surface area contributed by atoms with Gasteiger partial charge in [0.05, 0.1) is 12.6 Å². The maximum Gasteiger partial charge on any atom is 0.309 e. The molecule has 1 aliphatic rings. The van der Waals surface area contributed by atoms with E-state index in [0.717, 1.165) is 37.4 Å². The molecule has 0 saturated carbocycles. The summed E-state index contributed by atoms with van der Waals surface area (Å²) in [5.74, 6) is -1.39. The zero-order valence-corrected chi connectivity index (χ0v) is 16.4. The minimum Gasteiger partial charge on any atom is -0.395 e. The van der Waals surface area contributed by atoms with Gasteiger partial charge in [-0.05, 0) is 24.7 Å². The van der Waals surface area contributed by atoms with E-state index in [-0.39, 0.29) is 19.2 Å². The van der Waals surface area contributed by atoms with Crippen LogP contribution in [0.25, 0.3) is 0 Å². The first-order valence-corrected chi connectivity index (χ1v) is 9.29. The van der Waals surface area contributed by atoms with Gasteiger partial charge in [0.2, 0.25) is 0 Å². The number of amides is 2. The van der Waals surface area contributed by atoms with E-state index in [9.17, 15) is 9.59 Å². The standard InChI is InChI=1S/C19H31N5O3/c1-22(2)16-6-4-15(5-7-16)17(24-11-9-23(3)10-12-24)14-21-19(27)18(26)20-8-13-25/h4-7,17,25H,8-14H2,1-3H3,(H,20,26)(H,21,27)/t17-/m0/s1. The van der Waals surface area contributed by atoms with E-state index in [1.807, 2.05) is 19.0 Å². The number of hydrogen-bond donors (Lipinski definition) is 3. The van der Waals surface area contributed by atoms with Gasteiger partial charge in [0.15, 0.2) is 0 Å². The smallest absolute Gasteiger partial charge is 0.309 e. The molecular formula is C19H31N5O3. The van der Waals surface area contributed by atoms with Crippen molar-refractivity contribution >= 4 is 17.5 Å². The summed E-state index contributed by atoms with van der Waals surface area (Å²) in [4.78, 5) is 30.4. The van der Waals surface area contributed by atoms with E-state index in [2.05, 4.69) is 51.7 Å². The van der Waals surface area contributed by atoms with E-state index in [4.69, 9.17) is 5.11 Å². The molecule has 1 fully saturated rings. The Labute approximate surface area is 161 Å². The van der Waals surface area contributed by atoms with Gasteiger partial charge in [0, 0.05) is 59.1 Å². The number of nitrogens with zero attached hydrogens (tertiary/aromatic N) is 3. The highest BCUT2D eigenvalue weighted by molar-refractivity contribution is 6.35. The lowest BCUT2D eigenvalue weighted by Gasteiger charge is -2.38. The van der Waals surface area contributed by atoms with Gasteiger partial charge in [0.1, 0.15) is 0 Å². The molecule has 8 nitrogen and oxygen atoms in total. The maximum atomic E-state index is 12.0. The van der Waals surface area contributed by atoms with Crippen molar-refractivity contribution in [2.75, 3.05) is 71.9 Å². The monoisotopic (exact) mass is 377 g/mol. The number of piperazine rings is 1. The van der Waals surface area contributed by atoms with Crippen LogP contribution >= 0.6 is 0 Å². The van der Waals surface area contributed by atoms with E-state index < -0.39 is 11.8 Å². The largest absolute Gasteiger partial charge is 0.395 e. The molecule has 1 aromatic rings. The lowest BCUT2D eigenvalue weighted by atomic mass is 10.0. The Hall–Kier alpha value is -2.16. The molecule has 1 aliphatic heterocycles. The van der Waals surface area contributed by atoms with Crippen molar-refractivity contribution in [3.63, 3.8) is 0 Å². The molecular weight excluding hydrogens is 346 g/mol. The Morgan fingerprint density at radius 3 is 2.22 bits per heavy atom. The fourth-order valence-electron chi connectivity index (χ4n) is 3.11. The highest BCUT2D eigenvalue weighted by Gasteiger charge is 2.25. The van der Waals surface area contributed by atoms with E-state index >= 15 is 0 Å².